The third-order valence-corrected chi connectivity index (χ3v) is 7.84. The van der Waals surface area contributed by atoms with Crippen molar-refractivity contribution in [2.24, 2.45) is 0 Å². The summed E-state index contributed by atoms with van der Waals surface area (Å²) in [5.41, 5.74) is 9.99. The minimum Gasteiger partial charge on any atom is -0.493 e. The molecule has 210 valence electrons. The van der Waals surface area contributed by atoms with Crippen LogP contribution in [-0.4, -0.2) is 47.5 Å². The average Bonchev–Trinajstić information content (AvgIpc) is 3.27. The van der Waals surface area contributed by atoms with Crippen molar-refractivity contribution in [1.29, 1.82) is 0 Å². The fourth-order valence-electron chi connectivity index (χ4n) is 4.67. The summed E-state index contributed by atoms with van der Waals surface area (Å²) < 4.78 is 37.4. The largest absolute Gasteiger partial charge is 0.493 e. The number of hydrogen-bond donors (Lipinski definition) is 2. The van der Waals surface area contributed by atoms with Gasteiger partial charge in [-0.25, -0.2) is 17.9 Å². The molecule has 3 N–H and O–H groups in total. The lowest BCUT2D eigenvalue weighted by atomic mass is 9.95. The zero-order chi connectivity index (χ0) is 29.3. The lowest BCUT2D eigenvalue weighted by molar-refractivity contribution is -0.136. The summed E-state index contributed by atoms with van der Waals surface area (Å²) in [7, 11) is -1.91. The van der Waals surface area contributed by atoms with Crippen LogP contribution in [-0.2, 0) is 21.1 Å². The summed E-state index contributed by atoms with van der Waals surface area (Å²) in [5.74, 6) is 0.586. The van der Waals surface area contributed by atoms with Crippen LogP contribution in [0, 0.1) is 0 Å². The van der Waals surface area contributed by atoms with E-state index < -0.39 is 15.8 Å². The maximum absolute atomic E-state index is 12.1. The predicted octanol–water partition coefficient (Wildman–Crippen LogP) is 5.52. The molecular weight excluding hydrogens is 568 g/mol. The van der Waals surface area contributed by atoms with Crippen LogP contribution in [0.4, 0.5) is 5.82 Å². The Morgan fingerprint density at radius 2 is 1.78 bits per heavy atom. The van der Waals surface area contributed by atoms with Gasteiger partial charge in [0.25, 0.3) is 0 Å². The minimum absolute atomic E-state index is 0.139. The number of methoxy groups -OCH3 is 1. The smallest absolute Gasteiger partial charge is 0.303 e. The normalized spacial score (nSPS) is 11.5. The van der Waals surface area contributed by atoms with E-state index in [9.17, 15) is 18.3 Å². The SMILES string of the molecule is COc1cc(-c2c(CCC(=O)O)c(-c3ccc(S(C)(=O)=O)cc3)n3ncnc(N)c23)ccc1Oc1cccc(Cl)c1. The number of anilines is 1. The fraction of sp³-hybridized carbons (Fsp3) is 0.138. The molecule has 0 aliphatic heterocycles. The quantitative estimate of drug-likeness (QED) is 0.226. The van der Waals surface area contributed by atoms with Crippen molar-refractivity contribution < 1.29 is 27.8 Å². The van der Waals surface area contributed by atoms with Gasteiger partial charge in [-0.3, -0.25) is 4.79 Å². The average molecular weight is 593 g/mol. The van der Waals surface area contributed by atoms with Crippen LogP contribution in [0.5, 0.6) is 17.2 Å². The second-order valence-electron chi connectivity index (χ2n) is 9.22. The first-order valence-electron chi connectivity index (χ1n) is 12.3. The Morgan fingerprint density at radius 3 is 2.44 bits per heavy atom. The van der Waals surface area contributed by atoms with E-state index in [1.807, 2.05) is 6.07 Å². The molecule has 0 saturated carbocycles. The van der Waals surface area contributed by atoms with Gasteiger partial charge in [-0.05, 0) is 60.0 Å². The summed E-state index contributed by atoms with van der Waals surface area (Å²) in [5, 5.41) is 14.5. The van der Waals surface area contributed by atoms with Gasteiger partial charge >= 0.3 is 5.97 Å². The molecule has 0 unspecified atom stereocenters. The van der Waals surface area contributed by atoms with E-state index >= 15 is 0 Å². The number of nitrogen functional groups attached to an aromatic ring is 1. The molecule has 10 nitrogen and oxygen atoms in total. The Morgan fingerprint density at radius 1 is 1.05 bits per heavy atom. The number of carbonyl (C=O) groups is 1. The Hall–Kier alpha value is -4.61. The Bertz CT molecular complexity index is 1890. The Kier molecular flexibility index (Phi) is 7.57. The number of carboxylic acid groups (broad SMARTS) is 1. The molecule has 0 aliphatic rings. The highest BCUT2D eigenvalue weighted by Gasteiger charge is 2.25. The molecule has 0 spiro atoms. The number of sulfone groups is 1. The summed E-state index contributed by atoms with van der Waals surface area (Å²) in [6.45, 7) is 0. The first kappa shape index (κ1) is 27.9. The molecule has 0 atom stereocenters. The van der Waals surface area contributed by atoms with Crippen LogP contribution in [0.15, 0.2) is 78.0 Å². The zero-order valence-electron chi connectivity index (χ0n) is 22.0. The fourth-order valence-corrected chi connectivity index (χ4v) is 5.48. The van der Waals surface area contributed by atoms with Crippen LogP contribution in [0.1, 0.15) is 12.0 Å². The summed E-state index contributed by atoms with van der Waals surface area (Å²) in [6.07, 6.45) is 2.41. The van der Waals surface area contributed by atoms with Crippen molar-refractivity contribution in [3.05, 3.63) is 83.6 Å². The van der Waals surface area contributed by atoms with Crippen LogP contribution in [0.25, 0.3) is 27.9 Å². The number of nitrogens with two attached hydrogens (primary N) is 1. The van der Waals surface area contributed by atoms with Crippen molar-refractivity contribution in [2.75, 3.05) is 19.1 Å². The molecule has 41 heavy (non-hydrogen) atoms. The molecule has 5 rings (SSSR count). The highest BCUT2D eigenvalue weighted by molar-refractivity contribution is 7.90. The predicted molar refractivity (Wildman–Crippen MR) is 155 cm³/mol. The van der Waals surface area contributed by atoms with Crippen molar-refractivity contribution in [2.45, 2.75) is 17.7 Å². The van der Waals surface area contributed by atoms with E-state index in [0.717, 1.165) is 6.26 Å². The topological polar surface area (TPSA) is 146 Å². The monoisotopic (exact) mass is 592 g/mol. The summed E-state index contributed by atoms with van der Waals surface area (Å²) in [4.78, 5) is 16.0. The highest BCUT2D eigenvalue weighted by Crippen LogP contribution is 2.43. The molecule has 3 aromatic carbocycles. The van der Waals surface area contributed by atoms with Gasteiger partial charge in [-0.2, -0.15) is 5.10 Å². The number of ether oxygens (including phenoxy) is 2. The van der Waals surface area contributed by atoms with Gasteiger partial charge in [0.2, 0.25) is 0 Å². The standard InChI is InChI=1S/C29H25ClN4O6S/c1-39-24-14-18(8-12-23(24)40-20-5-3-4-19(30)15-20)26-22(11-13-25(35)36)27(34-28(26)29(31)32-16-33-34)17-6-9-21(10-7-17)41(2,37)38/h3-10,12,14-16H,11,13H2,1-2H3,(H,35,36)(H2,31,32,33). The highest BCUT2D eigenvalue weighted by atomic mass is 35.5. The molecule has 0 aliphatic carbocycles. The number of benzene rings is 3. The number of nitrogens with zero attached hydrogens (tertiary/aromatic N) is 3. The lowest BCUT2D eigenvalue weighted by Gasteiger charge is -2.13. The lowest BCUT2D eigenvalue weighted by Crippen LogP contribution is -2.02. The van der Waals surface area contributed by atoms with E-state index in [2.05, 4.69) is 10.1 Å². The van der Waals surface area contributed by atoms with E-state index in [4.69, 9.17) is 26.8 Å². The van der Waals surface area contributed by atoms with Gasteiger partial charge in [0, 0.05) is 28.8 Å². The first-order valence-corrected chi connectivity index (χ1v) is 14.6. The van der Waals surface area contributed by atoms with E-state index in [1.165, 1.54) is 25.6 Å². The number of fused-ring (bicyclic) bond motifs is 1. The maximum Gasteiger partial charge on any atom is 0.303 e. The van der Waals surface area contributed by atoms with Gasteiger partial charge in [0.1, 0.15) is 17.6 Å². The van der Waals surface area contributed by atoms with Crippen LogP contribution < -0.4 is 15.2 Å². The van der Waals surface area contributed by atoms with Crippen molar-refractivity contribution in [3.8, 4) is 39.6 Å². The molecule has 2 aromatic heterocycles. The van der Waals surface area contributed by atoms with Gasteiger partial charge in [0.15, 0.2) is 27.2 Å². The van der Waals surface area contributed by atoms with E-state index in [-0.39, 0.29) is 23.6 Å². The Labute approximate surface area is 240 Å². The number of aliphatic carboxylic acids is 1. The van der Waals surface area contributed by atoms with Crippen LogP contribution in [0.3, 0.4) is 0 Å². The number of rotatable bonds is 9. The third-order valence-electron chi connectivity index (χ3n) is 6.48. The first-order chi connectivity index (χ1) is 19.6. The number of halogens is 1. The summed E-state index contributed by atoms with van der Waals surface area (Å²) in [6, 6.07) is 18.6. The molecule has 5 aromatic rings. The molecule has 2 heterocycles. The third kappa shape index (κ3) is 5.67. The van der Waals surface area contributed by atoms with Crippen LogP contribution >= 0.6 is 11.6 Å². The van der Waals surface area contributed by atoms with Crippen LogP contribution in [0.2, 0.25) is 5.02 Å². The van der Waals surface area contributed by atoms with Crippen molar-refractivity contribution in [1.82, 2.24) is 14.6 Å². The number of aromatic nitrogens is 3. The summed E-state index contributed by atoms with van der Waals surface area (Å²) >= 11 is 6.10. The molecule has 0 saturated heterocycles. The molecule has 0 bridgehead atoms. The van der Waals surface area contributed by atoms with E-state index in [1.54, 1.807) is 53.0 Å². The van der Waals surface area contributed by atoms with Gasteiger partial charge < -0.3 is 20.3 Å². The maximum atomic E-state index is 12.1. The second kappa shape index (κ2) is 11.1. The van der Waals surface area contributed by atoms with Gasteiger partial charge in [-0.1, -0.05) is 35.9 Å². The zero-order valence-corrected chi connectivity index (χ0v) is 23.6. The molecule has 0 fully saturated rings. The molecule has 12 heteroatoms. The minimum atomic E-state index is -3.42. The molecule has 0 radical (unpaired) electrons. The van der Waals surface area contributed by atoms with Crippen molar-refractivity contribution in [3.63, 3.8) is 0 Å². The van der Waals surface area contributed by atoms with Gasteiger partial charge in [0.05, 0.1) is 17.7 Å². The molecule has 0 amide bonds. The number of hydrogen-bond acceptors (Lipinski definition) is 8. The molecular formula is C29H25ClN4O6S. The number of carboxylic acids is 1. The Balaban J connectivity index is 1.73. The van der Waals surface area contributed by atoms with E-state index in [0.29, 0.717) is 55.7 Å². The van der Waals surface area contributed by atoms with Crippen molar-refractivity contribution >= 4 is 38.7 Å². The second-order valence-corrected chi connectivity index (χ2v) is 11.7. The van der Waals surface area contributed by atoms with Gasteiger partial charge in [-0.15, -0.1) is 0 Å².